The molecule has 0 amide bonds. The van der Waals surface area contributed by atoms with Crippen LogP contribution < -0.4 is 0 Å². The molecule has 1 aromatic rings. The van der Waals surface area contributed by atoms with E-state index in [-0.39, 0.29) is 5.78 Å². The summed E-state index contributed by atoms with van der Waals surface area (Å²) in [6.07, 6.45) is 9.78. The zero-order valence-corrected chi connectivity index (χ0v) is 13.1. The largest absolute Gasteiger partial charge is 0.383 e. The number of ketones is 1. The van der Waals surface area contributed by atoms with Gasteiger partial charge in [0, 0.05) is 32.9 Å². The van der Waals surface area contributed by atoms with E-state index in [2.05, 4.69) is 9.97 Å². The molecule has 0 atom stereocenters. The number of carbonyl (C=O) groups excluding carboxylic acids is 1. The molecule has 108 valence electrons. The molecule has 0 radical (unpaired) electrons. The monoisotopic (exact) mass is 291 g/mol. The number of thioether (sulfide) groups is 1. The van der Waals surface area contributed by atoms with E-state index in [1.807, 2.05) is 37.5 Å². The minimum absolute atomic E-state index is 0.189. The van der Waals surface area contributed by atoms with Gasteiger partial charge in [0.25, 0.3) is 0 Å². The summed E-state index contributed by atoms with van der Waals surface area (Å²) in [5.41, 5.74) is 1.42. The van der Waals surface area contributed by atoms with Crippen molar-refractivity contribution in [3.8, 4) is 0 Å². The number of nitrogens with zero attached hydrogens (tertiary/aromatic N) is 3. The maximum Gasteiger partial charge on any atom is 0.187 e. The Morgan fingerprint density at radius 3 is 2.80 bits per heavy atom. The van der Waals surface area contributed by atoms with Crippen molar-refractivity contribution in [3.63, 3.8) is 0 Å². The molecule has 5 heteroatoms. The molecule has 1 aromatic heterocycles. The van der Waals surface area contributed by atoms with Gasteiger partial charge in [0.05, 0.1) is 11.3 Å². The highest BCUT2D eigenvalue weighted by molar-refractivity contribution is 7.98. The van der Waals surface area contributed by atoms with E-state index >= 15 is 0 Å². The van der Waals surface area contributed by atoms with E-state index < -0.39 is 0 Å². The summed E-state index contributed by atoms with van der Waals surface area (Å²) >= 11 is 1.49. The maximum atomic E-state index is 12.5. The van der Waals surface area contributed by atoms with Crippen molar-refractivity contribution in [2.24, 2.45) is 5.92 Å². The second kappa shape index (κ2) is 6.88. The van der Waals surface area contributed by atoms with Crippen molar-refractivity contribution in [2.75, 3.05) is 20.4 Å². The van der Waals surface area contributed by atoms with Crippen LogP contribution in [0.1, 0.15) is 31.4 Å². The zero-order chi connectivity index (χ0) is 14.5. The minimum atomic E-state index is 0.189. The third-order valence-corrected chi connectivity index (χ3v) is 4.04. The molecule has 0 aliphatic heterocycles. The second-order valence-electron chi connectivity index (χ2n) is 5.36. The van der Waals surface area contributed by atoms with Crippen LogP contribution in [0.5, 0.6) is 0 Å². The highest BCUT2D eigenvalue weighted by Gasteiger charge is 2.24. The van der Waals surface area contributed by atoms with Crippen molar-refractivity contribution >= 4 is 23.1 Å². The quantitative estimate of drug-likeness (QED) is 0.458. The molecule has 4 nitrogen and oxygen atoms in total. The number of carbonyl (C=O) groups is 1. The first-order valence-corrected chi connectivity index (χ1v) is 8.11. The lowest BCUT2D eigenvalue weighted by Gasteiger charge is -2.25. The number of hydrogen-bond acceptors (Lipinski definition) is 5. The fraction of sp³-hybridized carbons (Fsp3) is 0.533. The predicted octanol–water partition coefficient (Wildman–Crippen LogP) is 2.86. The van der Waals surface area contributed by atoms with Crippen LogP contribution in [0.15, 0.2) is 23.6 Å². The van der Waals surface area contributed by atoms with Gasteiger partial charge in [0.1, 0.15) is 0 Å². The van der Waals surface area contributed by atoms with Crippen molar-refractivity contribution in [2.45, 2.75) is 30.8 Å². The van der Waals surface area contributed by atoms with E-state index in [0.29, 0.717) is 23.1 Å². The smallest absolute Gasteiger partial charge is 0.187 e. The minimum Gasteiger partial charge on any atom is -0.383 e. The van der Waals surface area contributed by atoms with Gasteiger partial charge in [-0.15, -0.1) is 0 Å². The molecule has 1 fully saturated rings. The van der Waals surface area contributed by atoms with E-state index in [1.54, 1.807) is 6.20 Å². The van der Waals surface area contributed by atoms with Crippen LogP contribution in [-0.4, -0.2) is 41.0 Å². The van der Waals surface area contributed by atoms with Crippen LogP contribution in [0.2, 0.25) is 0 Å². The molecular formula is C15H21N3OS. The van der Waals surface area contributed by atoms with Gasteiger partial charge in [-0.1, -0.05) is 31.0 Å². The molecule has 1 aliphatic rings. The molecule has 0 N–H and O–H groups in total. The standard InChI is InChI=1S/C15H21N3OS/c1-18(2)10-12(14(19)9-11-5-4-6-11)13-7-8-16-15(17-13)20-3/h7-8,10-11H,4-6,9H2,1-3H3/b12-10+. The Bertz CT molecular complexity index is 510. The van der Waals surface area contributed by atoms with Crippen molar-refractivity contribution < 1.29 is 4.79 Å². The highest BCUT2D eigenvalue weighted by atomic mass is 32.2. The molecule has 1 saturated carbocycles. The maximum absolute atomic E-state index is 12.5. The Morgan fingerprint density at radius 1 is 1.50 bits per heavy atom. The Kier molecular flexibility index (Phi) is 5.17. The average Bonchev–Trinajstić information content (AvgIpc) is 2.40. The molecule has 0 aromatic carbocycles. The Balaban J connectivity index is 2.23. The molecular weight excluding hydrogens is 270 g/mol. The Labute approximate surface area is 124 Å². The molecule has 0 saturated heterocycles. The summed E-state index contributed by atoms with van der Waals surface area (Å²) in [6, 6.07) is 1.81. The summed E-state index contributed by atoms with van der Waals surface area (Å²) in [6.45, 7) is 0. The summed E-state index contributed by atoms with van der Waals surface area (Å²) in [5.74, 6) is 0.754. The molecule has 0 bridgehead atoms. The lowest BCUT2D eigenvalue weighted by molar-refractivity contribution is -0.115. The number of hydrogen-bond donors (Lipinski definition) is 0. The third-order valence-electron chi connectivity index (χ3n) is 3.48. The fourth-order valence-corrected chi connectivity index (χ4v) is 2.55. The van der Waals surface area contributed by atoms with Gasteiger partial charge in [-0.3, -0.25) is 4.79 Å². The second-order valence-corrected chi connectivity index (χ2v) is 6.13. The summed E-state index contributed by atoms with van der Waals surface area (Å²) in [4.78, 5) is 23.0. The zero-order valence-electron chi connectivity index (χ0n) is 12.3. The van der Waals surface area contributed by atoms with Gasteiger partial charge < -0.3 is 4.90 Å². The van der Waals surface area contributed by atoms with Gasteiger partial charge in [0.2, 0.25) is 0 Å². The normalized spacial score (nSPS) is 15.8. The molecule has 1 heterocycles. The van der Waals surface area contributed by atoms with Crippen molar-refractivity contribution in [3.05, 3.63) is 24.2 Å². The summed E-state index contributed by atoms with van der Waals surface area (Å²) < 4.78 is 0. The van der Waals surface area contributed by atoms with Gasteiger partial charge >= 0.3 is 0 Å². The molecule has 20 heavy (non-hydrogen) atoms. The van der Waals surface area contributed by atoms with Gasteiger partial charge in [0.15, 0.2) is 10.9 Å². The molecule has 1 aliphatic carbocycles. The van der Waals surface area contributed by atoms with Crippen molar-refractivity contribution in [1.82, 2.24) is 14.9 Å². The van der Waals surface area contributed by atoms with Crippen LogP contribution in [0.3, 0.4) is 0 Å². The summed E-state index contributed by atoms with van der Waals surface area (Å²) in [5, 5.41) is 0.698. The molecule has 2 rings (SSSR count). The molecule has 0 unspecified atom stereocenters. The highest BCUT2D eigenvalue weighted by Crippen LogP contribution is 2.31. The fourth-order valence-electron chi connectivity index (χ4n) is 2.20. The van der Waals surface area contributed by atoms with E-state index in [4.69, 9.17) is 0 Å². The number of aromatic nitrogens is 2. The van der Waals surface area contributed by atoms with Crippen LogP contribution in [0.4, 0.5) is 0 Å². The summed E-state index contributed by atoms with van der Waals surface area (Å²) in [7, 11) is 3.85. The van der Waals surface area contributed by atoms with Crippen molar-refractivity contribution in [1.29, 1.82) is 0 Å². The predicted molar refractivity (Wildman–Crippen MR) is 82.4 cm³/mol. The lowest BCUT2D eigenvalue weighted by Crippen LogP contribution is -2.18. The SMILES string of the molecule is CSc1nccc(/C(=C\N(C)C)C(=O)CC2CCC2)n1. The number of rotatable bonds is 6. The first-order valence-electron chi connectivity index (χ1n) is 6.89. The van der Waals surface area contributed by atoms with E-state index in [9.17, 15) is 4.79 Å². The van der Waals surface area contributed by atoms with Crippen LogP contribution in [0, 0.1) is 5.92 Å². The topological polar surface area (TPSA) is 46.1 Å². The Morgan fingerprint density at radius 2 is 2.25 bits per heavy atom. The lowest BCUT2D eigenvalue weighted by atomic mass is 9.80. The third kappa shape index (κ3) is 3.82. The van der Waals surface area contributed by atoms with Gasteiger partial charge in [-0.2, -0.15) is 0 Å². The van der Waals surface area contributed by atoms with E-state index in [0.717, 1.165) is 5.69 Å². The Hall–Kier alpha value is -1.36. The van der Waals surface area contributed by atoms with Gasteiger partial charge in [-0.25, -0.2) is 9.97 Å². The number of Topliss-reactive ketones (excluding diaryl/α,β-unsaturated/α-hetero) is 1. The average molecular weight is 291 g/mol. The molecule has 0 spiro atoms. The van der Waals surface area contributed by atoms with Gasteiger partial charge in [-0.05, 0) is 18.2 Å². The number of allylic oxidation sites excluding steroid dienone is 1. The van der Waals surface area contributed by atoms with Crippen LogP contribution in [-0.2, 0) is 4.79 Å². The first-order chi connectivity index (χ1) is 9.60. The first kappa shape index (κ1) is 15.0. The van der Waals surface area contributed by atoms with E-state index in [1.165, 1.54) is 31.0 Å². The van der Waals surface area contributed by atoms with Crippen LogP contribution >= 0.6 is 11.8 Å². The van der Waals surface area contributed by atoms with Crippen LogP contribution in [0.25, 0.3) is 5.57 Å².